The Balaban J connectivity index is 2.13. The monoisotopic (exact) mass is 228 g/mol. The van der Waals surface area contributed by atoms with Crippen molar-refractivity contribution in [1.82, 2.24) is 20.5 Å². The lowest BCUT2D eigenvalue weighted by molar-refractivity contribution is 0.546. The zero-order valence-corrected chi connectivity index (χ0v) is 9.87. The number of pyridine rings is 1. The lowest BCUT2D eigenvalue weighted by Gasteiger charge is -2.17. The van der Waals surface area contributed by atoms with Crippen molar-refractivity contribution in [3.8, 4) is 0 Å². The van der Waals surface area contributed by atoms with Crippen LogP contribution in [0.15, 0.2) is 43.0 Å². The van der Waals surface area contributed by atoms with Crippen molar-refractivity contribution < 1.29 is 0 Å². The zero-order valence-electron chi connectivity index (χ0n) is 9.87. The largest absolute Gasteiger partial charge is 0.310 e. The molecule has 2 rings (SSSR count). The first-order chi connectivity index (χ1) is 8.40. The molecule has 0 aliphatic rings. The molecule has 0 aliphatic heterocycles. The molecule has 1 atom stereocenters. The summed E-state index contributed by atoms with van der Waals surface area (Å²) in [5, 5.41) is 11.2. The SMILES string of the molecule is CCNC(Cc1cccnc1)c1ccnnc1. The van der Waals surface area contributed by atoms with Crippen LogP contribution in [0.3, 0.4) is 0 Å². The minimum absolute atomic E-state index is 0.264. The molecule has 4 heteroatoms. The van der Waals surface area contributed by atoms with Crippen molar-refractivity contribution in [1.29, 1.82) is 0 Å². The molecule has 0 aliphatic carbocycles. The van der Waals surface area contributed by atoms with Gasteiger partial charge < -0.3 is 5.32 Å². The minimum Gasteiger partial charge on any atom is -0.310 e. The van der Waals surface area contributed by atoms with Crippen molar-refractivity contribution in [3.63, 3.8) is 0 Å². The number of hydrogen-bond acceptors (Lipinski definition) is 4. The number of nitrogens with one attached hydrogen (secondary N) is 1. The van der Waals surface area contributed by atoms with Crippen molar-refractivity contribution in [2.24, 2.45) is 0 Å². The average molecular weight is 228 g/mol. The van der Waals surface area contributed by atoms with Gasteiger partial charge in [0.1, 0.15) is 0 Å². The number of rotatable bonds is 5. The van der Waals surface area contributed by atoms with Crippen molar-refractivity contribution in [2.75, 3.05) is 6.54 Å². The molecule has 1 N–H and O–H groups in total. The molecule has 0 radical (unpaired) electrons. The topological polar surface area (TPSA) is 50.7 Å². The summed E-state index contributed by atoms with van der Waals surface area (Å²) in [6.07, 6.45) is 8.14. The average Bonchev–Trinajstić information content (AvgIpc) is 2.40. The maximum Gasteiger partial charge on any atom is 0.0544 e. The summed E-state index contributed by atoms with van der Waals surface area (Å²) in [7, 11) is 0. The van der Waals surface area contributed by atoms with Gasteiger partial charge in [-0.2, -0.15) is 10.2 Å². The van der Waals surface area contributed by atoms with Gasteiger partial charge in [0.2, 0.25) is 0 Å². The van der Waals surface area contributed by atoms with E-state index in [9.17, 15) is 0 Å². The van der Waals surface area contributed by atoms with E-state index in [1.807, 2.05) is 24.5 Å². The number of nitrogens with zero attached hydrogens (tertiary/aromatic N) is 3. The van der Waals surface area contributed by atoms with Gasteiger partial charge in [0.05, 0.1) is 6.20 Å². The van der Waals surface area contributed by atoms with Crippen molar-refractivity contribution in [3.05, 3.63) is 54.1 Å². The first-order valence-electron chi connectivity index (χ1n) is 5.79. The molecular weight excluding hydrogens is 212 g/mol. The Morgan fingerprint density at radius 2 is 2.12 bits per heavy atom. The lowest BCUT2D eigenvalue weighted by atomic mass is 10.0. The van der Waals surface area contributed by atoms with Crippen LogP contribution in [0.25, 0.3) is 0 Å². The molecule has 4 nitrogen and oxygen atoms in total. The first kappa shape index (κ1) is 11.7. The Labute approximate surface area is 101 Å². The van der Waals surface area contributed by atoms with Crippen LogP contribution in [0, 0.1) is 0 Å². The summed E-state index contributed by atoms with van der Waals surface area (Å²) in [6, 6.07) is 6.31. The highest BCUT2D eigenvalue weighted by Crippen LogP contribution is 2.16. The fourth-order valence-electron chi connectivity index (χ4n) is 1.82. The van der Waals surface area contributed by atoms with Gasteiger partial charge in [-0.25, -0.2) is 0 Å². The number of aromatic nitrogens is 3. The fraction of sp³-hybridized carbons (Fsp3) is 0.308. The summed E-state index contributed by atoms with van der Waals surface area (Å²) in [6.45, 7) is 3.03. The second-order valence-corrected chi connectivity index (χ2v) is 3.85. The van der Waals surface area contributed by atoms with Gasteiger partial charge in [0.25, 0.3) is 0 Å². The highest BCUT2D eigenvalue weighted by Gasteiger charge is 2.11. The molecule has 0 saturated heterocycles. The van der Waals surface area contributed by atoms with E-state index >= 15 is 0 Å². The second kappa shape index (κ2) is 6.06. The summed E-state index contributed by atoms with van der Waals surface area (Å²) in [5.74, 6) is 0. The normalized spacial score (nSPS) is 12.3. The Kier molecular flexibility index (Phi) is 4.16. The van der Waals surface area contributed by atoms with Crippen LogP contribution in [-0.4, -0.2) is 21.7 Å². The Morgan fingerprint density at radius 3 is 2.76 bits per heavy atom. The maximum absolute atomic E-state index is 4.14. The standard InChI is InChI=1S/C13H16N4/c1-2-15-13(12-5-7-16-17-10-12)8-11-4-3-6-14-9-11/h3-7,9-10,13,15H,2,8H2,1H3. The molecule has 2 heterocycles. The molecule has 17 heavy (non-hydrogen) atoms. The van der Waals surface area contributed by atoms with Crippen LogP contribution >= 0.6 is 0 Å². The van der Waals surface area contributed by atoms with E-state index in [4.69, 9.17) is 0 Å². The van der Waals surface area contributed by atoms with Crippen molar-refractivity contribution in [2.45, 2.75) is 19.4 Å². The van der Waals surface area contributed by atoms with Crippen LogP contribution in [0.2, 0.25) is 0 Å². The van der Waals surface area contributed by atoms with Gasteiger partial charge in [-0.05, 0) is 36.2 Å². The van der Waals surface area contributed by atoms with Crippen molar-refractivity contribution >= 4 is 0 Å². The van der Waals surface area contributed by atoms with E-state index in [1.165, 1.54) is 5.56 Å². The fourth-order valence-corrected chi connectivity index (χ4v) is 1.82. The lowest BCUT2D eigenvalue weighted by Crippen LogP contribution is -2.23. The molecule has 0 bridgehead atoms. The van der Waals surface area contributed by atoms with Crippen LogP contribution in [0.5, 0.6) is 0 Å². The predicted molar refractivity (Wildman–Crippen MR) is 66.4 cm³/mol. The summed E-state index contributed by atoms with van der Waals surface area (Å²) in [5.41, 5.74) is 2.38. The van der Waals surface area contributed by atoms with E-state index in [2.05, 4.69) is 33.5 Å². The van der Waals surface area contributed by atoms with Gasteiger partial charge in [0, 0.05) is 24.6 Å². The van der Waals surface area contributed by atoms with Crippen LogP contribution in [0.4, 0.5) is 0 Å². The van der Waals surface area contributed by atoms with E-state index in [-0.39, 0.29) is 6.04 Å². The quantitative estimate of drug-likeness (QED) is 0.847. The molecule has 0 saturated carbocycles. The third-order valence-electron chi connectivity index (χ3n) is 2.62. The second-order valence-electron chi connectivity index (χ2n) is 3.85. The van der Waals surface area contributed by atoms with E-state index in [0.29, 0.717) is 0 Å². The van der Waals surface area contributed by atoms with Gasteiger partial charge in [-0.15, -0.1) is 0 Å². The smallest absolute Gasteiger partial charge is 0.0544 e. The summed E-state index contributed by atoms with van der Waals surface area (Å²) in [4.78, 5) is 4.14. The number of hydrogen-bond donors (Lipinski definition) is 1. The molecule has 2 aromatic heterocycles. The molecule has 0 fully saturated rings. The molecule has 0 aromatic carbocycles. The van der Waals surface area contributed by atoms with E-state index in [0.717, 1.165) is 18.5 Å². The van der Waals surface area contributed by atoms with Gasteiger partial charge in [0.15, 0.2) is 0 Å². The maximum atomic E-state index is 4.14. The van der Waals surface area contributed by atoms with E-state index < -0.39 is 0 Å². The third-order valence-corrected chi connectivity index (χ3v) is 2.62. The molecule has 1 unspecified atom stereocenters. The molecule has 0 amide bonds. The van der Waals surface area contributed by atoms with Crippen LogP contribution in [0.1, 0.15) is 24.1 Å². The molecule has 0 spiro atoms. The zero-order chi connectivity index (χ0) is 11.9. The molecule has 88 valence electrons. The Hall–Kier alpha value is -1.81. The Bertz CT molecular complexity index is 430. The van der Waals surface area contributed by atoms with Crippen LogP contribution in [-0.2, 0) is 6.42 Å². The first-order valence-corrected chi connectivity index (χ1v) is 5.79. The summed E-state index contributed by atoms with van der Waals surface area (Å²) < 4.78 is 0. The third kappa shape index (κ3) is 3.32. The summed E-state index contributed by atoms with van der Waals surface area (Å²) >= 11 is 0. The van der Waals surface area contributed by atoms with Crippen LogP contribution < -0.4 is 5.32 Å². The molecule has 2 aromatic rings. The Morgan fingerprint density at radius 1 is 1.18 bits per heavy atom. The minimum atomic E-state index is 0.264. The van der Waals surface area contributed by atoms with E-state index in [1.54, 1.807) is 12.4 Å². The van der Waals surface area contributed by atoms with Gasteiger partial charge >= 0.3 is 0 Å². The highest BCUT2D eigenvalue weighted by molar-refractivity contribution is 5.18. The van der Waals surface area contributed by atoms with Gasteiger partial charge in [-0.1, -0.05) is 13.0 Å². The van der Waals surface area contributed by atoms with Gasteiger partial charge in [-0.3, -0.25) is 4.98 Å². The predicted octanol–water partition coefficient (Wildman–Crippen LogP) is 1.76. The number of likely N-dealkylation sites (N-methyl/N-ethyl adjacent to an activating group) is 1. The highest BCUT2D eigenvalue weighted by atomic mass is 15.1. The molecular formula is C13H16N4.